The second-order valence-electron chi connectivity index (χ2n) is 6.40. The fourth-order valence-electron chi connectivity index (χ4n) is 2.76. The van der Waals surface area contributed by atoms with E-state index in [0.29, 0.717) is 6.54 Å². The third-order valence-corrected chi connectivity index (χ3v) is 4.08. The standard InChI is InChI=1S/C20H25N3O2/c1-14(2)18-7-5-6-15(3)20(18)23(16(4)24)13-19(25)22-12-17-8-10-21-11-9-17/h5-11,14H,12-13H2,1-4H3,(H,22,25). The van der Waals surface area contributed by atoms with Crippen molar-refractivity contribution < 1.29 is 9.59 Å². The van der Waals surface area contributed by atoms with Crippen molar-refractivity contribution in [2.75, 3.05) is 11.4 Å². The van der Waals surface area contributed by atoms with E-state index in [4.69, 9.17) is 0 Å². The maximum atomic E-state index is 12.4. The number of para-hydroxylation sites is 1. The van der Waals surface area contributed by atoms with Crippen molar-refractivity contribution in [3.63, 3.8) is 0 Å². The van der Waals surface area contributed by atoms with Crippen LogP contribution in [-0.2, 0) is 16.1 Å². The van der Waals surface area contributed by atoms with Gasteiger partial charge in [0, 0.05) is 25.9 Å². The Labute approximate surface area is 149 Å². The molecule has 0 atom stereocenters. The zero-order valence-electron chi connectivity index (χ0n) is 15.2. The molecule has 0 radical (unpaired) electrons. The van der Waals surface area contributed by atoms with Gasteiger partial charge >= 0.3 is 0 Å². The Morgan fingerprint density at radius 2 is 1.84 bits per heavy atom. The summed E-state index contributed by atoms with van der Waals surface area (Å²) < 4.78 is 0. The van der Waals surface area contributed by atoms with Gasteiger partial charge in [-0.05, 0) is 41.7 Å². The lowest BCUT2D eigenvalue weighted by Gasteiger charge is -2.27. The zero-order chi connectivity index (χ0) is 18.4. The Balaban J connectivity index is 2.17. The maximum Gasteiger partial charge on any atom is 0.240 e. The van der Waals surface area contributed by atoms with Crippen molar-refractivity contribution in [3.8, 4) is 0 Å². The Morgan fingerprint density at radius 1 is 1.16 bits per heavy atom. The van der Waals surface area contributed by atoms with Crippen LogP contribution in [0.1, 0.15) is 43.4 Å². The van der Waals surface area contributed by atoms with Crippen molar-refractivity contribution in [1.82, 2.24) is 10.3 Å². The number of hydrogen-bond acceptors (Lipinski definition) is 3. The average Bonchev–Trinajstić information content (AvgIpc) is 2.58. The normalized spacial score (nSPS) is 10.6. The molecule has 2 amide bonds. The second-order valence-corrected chi connectivity index (χ2v) is 6.40. The topological polar surface area (TPSA) is 62.3 Å². The zero-order valence-corrected chi connectivity index (χ0v) is 15.2. The summed E-state index contributed by atoms with van der Waals surface area (Å²) in [4.78, 5) is 30.1. The number of hydrogen-bond donors (Lipinski definition) is 1. The molecule has 25 heavy (non-hydrogen) atoms. The van der Waals surface area contributed by atoms with Crippen LogP contribution in [0.15, 0.2) is 42.7 Å². The highest BCUT2D eigenvalue weighted by molar-refractivity contribution is 5.98. The molecule has 1 N–H and O–H groups in total. The summed E-state index contributed by atoms with van der Waals surface area (Å²) in [7, 11) is 0. The Bertz CT molecular complexity index is 742. The number of nitrogens with zero attached hydrogens (tertiary/aromatic N) is 2. The van der Waals surface area contributed by atoms with E-state index < -0.39 is 0 Å². The van der Waals surface area contributed by atoms with Gasteiger partial charge in [-0.2, -0.15) is 0 Å². The fourth-order valence-corrected chi connectivity index (χ4v) is 2.76. The van der Waals surface area contributed by atoms with E-state index >= 15 is 0 Å². The average molecular weight is 339 g/mol. The predicted molar refractivity (Wildman–Crippen MR) is 99.4 cm³/mol. The summed E-state index contributed by atoms with van der Waals surface area (Å²) in [6.45, 7) is 8.04. The van der Waals surface area contributed by atoms with Crippen molar-refractivity contribution >= 4 is 17.5 Å². The molecule has 132 valence electrons. The van der Waals surface area contributed by atoms with Gasteiger partial charge in [-0.25, -0.2) is 0 Å². The van der Waals surface area contributed by atoms with E-state index in [1.165, 1.54) is 6.92 Å². The molecule has 0 saturated heterocycles. The quantitative estimate of drug-likeness (QED) is 0.879. The lowest BCUT2D eigenvalue weighted by atomic mass is 9.97. The smallest absolute Gasteiger partial charge is 0.240 e. The highest BCUT2D eigenvalue weighted by Gasteiger charge is 2.21. The molecule has 0 fully saturated rings. The molecule has 0 aliphatic heterocycles. The summed E-state index contributed by atoms with van der Waals surface area (Å²) >= 11 is 0. The molecule has 1 aromatic heterocycles. The van der Waals surface area contributed by atoms with E-state index in [-0.39, 0.29) is 24.3 Å². The SMILES string of the molecule is CC(=O)N(CC(=O)NCc1ccncc1)c1c(C)cccc1C(C)C. The number of anilines is 1. The van der Waals surface area contributed by atoms with Gasteiger partial charge in [0.25, 0.3) is 0 Å². The number of benzene rings is 1. The van der Waals surface area contributed by atoms with E-state index in [1.54, 1.807) is 17.3 Å². The molecule has 0 aliphatic carbocycles. The van der Waals surface area contributed by atoms with Gasteiger partial charge < -0.3 is 10.2 Å². The van der Waals surface area contributed by atoms with Gasteiger partial charge in [0.15, 0.2) is 0 Å². The highest BCUT2D eigenvalue weighted by Crippen LogP contribution is 2.31. The molecule has 0 unspecified atom stereocenters. The van der Waals surface area contributed by atoms with Gasteiger partial charge in [-0.15, -0.1) is 0 Å². The van der Waals surface area contributed by atoms with E-state index in [9.17, 15) is 9.59 Å². The van der Waals surface area contributed by atoms with Crippen molar-refractivity contribution in [2.45, 2.75) is 40.2 Å². The first-order valence-electron chi connectivity index (χ1n) is 8.43. The molecule has 1 heterocycles. The van der Waals surface area contributed by atoms with Crippen LogP contribution in [0, 0.1) is 6.92 Å². The lowest BCUT2D eigenvalue weighted by molar-refractivity contribution is -0.123. The van der Waals surface area contributed by atoms with E-state index in [1.807, 2.05) is 37.3 Å². The summed E-state index contributed by atoms with van der Waals surface area (Å²) in [5, 5.41) is 2.86. The van der Waals surface area contributed by atoms with Gasteiger partial charge in [0.1, 0.15) is 6.54 Å². The monoisotopic (exact) mass is 339 g/mol. The minimum absolute atomic E-state index is 0.00495. The number of carbonyl (C=O) groups is 2. The largest absolute Gasteiger partial charge is 0.350 e. The van der Waals surface area contributed by atoms with Crippen LogP contribution in [0.4, 0.5) is 5.69 Å². The minimum Gasteiger partial charge on any atom is -0.350 e. The predicted octanol–water partition coefficient (Wildman–Crippen LogP) is 3.18. The van der Waals surface area contributed by atoms with E-state index in [2.05, 4.69) is 24.1 Å². The summed E-state index contributed by atoms with van der Waals surface area (Å²) in [5.74, 6) is -0.0723. The van der Waals surface area contributed by atoms with Crippen LogP contribution in [-0.4, -0.2) is 23.3 Å². The molecular formula is C20H25N3O2. The van der Waals surface area contributed by atoms with Crippen LogP contribution in [0.3, 0.4) is 0 Å². The molecule has 0 spiro atoms. The Kier molecular flexibility index (Phi) is 6.28. The van der Waals surface area contributed by atoms with Crippen LogP contribution >= 0.6 is 0 Å². The van der Waals surface area contributed by atoms with Crippen LogP contribution in [0.2, 0.25) is 0 Å². The fraction of sp³-hybridized carbons (Fsp3) is 0.350. The summed E-state index contributed by atoms with van der Waals surface area (Å²) in [6.07, 6.45) is 3.37. The van der Waals surface area contributed by atoms with Crippen LogP contribution < -0.4 is 10.2 Å². The lowest BCUT2D eigenvalue weighted by Crippen LogP contribution is -2.40. The van der Waals surface area contributed by atoms with Crippen molar-refractivity contribution in [2.24, 2.45) is 0 Å². The number of aromatic nitrogens is 1. The third-order valence-electron chi connectivity index (χ3n) is 4.08. The molecule has 5 heteroatoms. The van der Waals surface area contributed by atoms with E-state index in [0.717, 1.165) is 22.4 Å². The first kappa shape index (κ1) is 18.6. The number of nitrogens with one attached hydrogen (secondary N) is 1. The first-order valence-corrected chi connectivity index (χ1v) is 8.43. The molecule has 0 saturated carbocycles. The molecule has 1 aromatic carbocycles. The molecule has 0 bridgehead atoms. The van der Waals surface area contributed by atoms with Gasteiger partial charge in [0.05, 0.1) is 5.69 Å². The maximum absolute atomic E-state index is 12.4. The minimum atomic E-state index is -0.190. The molecule has 5 nitrogen and oxygen atoms in total. The number of amides is 2. The number of aryl methyl sites for hydroxylation is 1. The second kappa shape index (κ2) is 8.42. The molecule has 2 rings (SSSR count). The van der Waals surface area contributed by atoms with Crippen LogP contribution in [0.5, 0.6) is 0 Å². The number of rotatable bonds is 6. The number of pyridine rings is 1. The van der Waals surface area contributed by atoms with Crippen LogP contribution in [0.25, 0.3) is 0 Å². The Hall–Kier alpha value is -2.69. The van der Waals surface area contributed by atoms with Crippen molar-refractivity contribution in [1.29, 1.82) is 0 Å². The summed E-state index contributed by atoms with van der Waals surface area (Å²) in [6, 6.07) is 9.66. The summed E-state index contributed by atoms with van der Waals surface area (Å²) in [5.41, 5.74) is 3.86. The molecule has 0 aliphatic rings. The van der Waals surface area contributed by atoms with Gasteiger partial charge in [-0.3, -0.25) is 14.6 Å². The Morgan fingerprint density at radius 3 is 2.44 bits per heavy atom. The van der Waals surface area contributed by atoms with Gasteiger partial charge in [-0.1, -0.05) is 32.0 Å². The third kappa shape index (κ3) is 4.89. The van der Waals surface area contributed by atoms with Crippen molar-refractivity contribution in [3.05, 3.63) is 59.4 Å². The van der Waals surface area contributed by atoms with Gasteiger partial charge in [0.2, 0.25) is 11.8 Å². The molecule has 2 aromatic rings. The molecular weight excluding hydrogens is 314 g/mol. The first-order chi connectivity index (χ1) is 11.9. The highest BCUT2D eigenvalue weighted by atomic mass is 16.2. The number of carbonyl (C=O) groups excluding carboxylic acids is 2.